The first-order valence-corrected chi connectivity index (χ1v) is 5.28. The van der Waals surface area contributed by atoms with Crippen molar-refractivity contribution < 1.29 is 0 Å². The standard InChI is InChI=1S/C6H12N14/c7-3(8)11-5-13-17-19(15-5)1-2-20-16-6(14-18-20)12-4(9)10/h1-2H2,(H4,7,8,11,15)(H4,9,10,12,16). The van der Waals surface area contributed by atoms with E-state index in [1.165, 1.54) is 9.59 Å². The van der Waals surface area contributed by atoms with Gasteiger partial charge in [-0.3, -0.25) is 0 Å². The van der Waals surface area contributed by atoms with E-state index in [0.29, 0.717) is 13.1 Å². The molecule has 0 fully saturated rings. The maximum absolute atomic E-state index is 5.19. The number of aryl methyl sites for hydroxylation is 2. The van der Waals surface area contributed by atoms with E-state index in [0.717, 1.165) is 0 Å². The van der Waals surface area contributed by atoms with Crippen LogP contribution in [0.15, 0.2) is 9.98 Å². The van der Waals surface area contributed by atoms with Crippen LogP contribution in [0.5, 0.6) is 0 Å². The Kier molecular flexibility index (Phi) is 3.64. The first-order chi connectivity index (χ1) is 9.52. The lowest BCUT2D eigenvalue weighted by Gasteiger charge is -1.96. The van der Waals surface area contributed by atoms with Crippen LogP contribution in [0.4, 0.5) is 11.9 Å². The Labute approximate surface area is 111 Å². The highest BCUT2D eigenvalue weighted by molar-refractivity contribution is 5.78. The summed E-state index contributed by atoms with van der Waals surface area (Å²) in [6.07, 6.45) is 0. The molecule has 8 N–H and O–H groups in total. The third-order valence-electron chi connectivity index (χ3n) is 1.84. The predicted octanol–water partition coefficient (Wildman–Crippen LogP) is -3.83. The van der Waals surface area contributed by atoms with Gasteiger partial charge in [-0.05, 0) is 10.4 Å². The van der Waals surface area contributed by atoms with E-state index in [1.54, 1.807) is 0 Å². The van der Waals surface area contributed by atoms with Crippen molar-refractivity contribution in [2.24, 2.45) is 32.9 Å². The molecular weight excluding hydrogens is 268 g/mol. The van der Waals surface area contributed by atoms with Crippen LogP contribution in [0, 0.1) is 0 Å². The van der Waals surface area contributed by atoms with Gasteiger partial charge in [0.1, 0.15) is 0 Å². The molecule has 106 valence electrons. The van der Waals surface area contributed by atoms with Gasteiger partial charge in [-0.1, -0.05) is 10.2 Å². The van der Waals surface area contributed by atoms with Crippen molar-refractivity contribution in [2.75, 3.05) is 0 Å². The molecule has 20 heavy (non-hydrogen) atoms. The van der Waals surface area contributed by atoms with Gasteiger partial charge in [-0.2, -0.15) is 19.6 Å². The van der Waals surface area contributed by atoms with Crippen LogP contribution in [0.2, 0.25) is 0 Å². The number of nitrogens with two attached hydrogens (primary N) is 4. The molecule has 0 aromatic carbocycles. The Morgan fingerprint density at radius 3 is 1.55 bits per heavy atom. The number of nitrogens with zero attached hydrogens (tertiary/aromatic N) is 10. The topological polar surface area (TPSA) is 216 Å². The third-order valence-corrected chi connectivity index (χ3v) is 1.84. The number of hydrogen-bond donors (Lipinski definition) is 4. The van der Waals surface area contributed by atoms with E-state index in [9.17, 15) is 0 Å². The Balaban J connectivity index is 1.95. The van der Waals surface area contributed by atoms with Gasteiger partial charge < -0.3 is 22.9 Å². The molecule has 0 radical (unpaired) electrons. The Morgan fingerprint density at radius 2 is 1.20 bits per heavy atom. The van der Waals surface area contributed by atoms with Gasteiger partial charge in [0.15, 0.2) is 11.9 Å². The number of guanidine groups is 2. The molecule has 2 heterocycles. The summed E-state index contributed by atoms with van der Waals surface area (Å²) in [7, 11) is 0. The minimum atomic E-state index is -0.149. The summed E-state index contributed by atoms with van der Waals surface area (Å²) in [5.74, 6) is -0.163. The van der Waals surface area contributed by atoms with Crippen LogP contribution >= 0.6 is 0 Å². The molecule has 0 aliphatic carbocycles. The van der Waals surface area contributed by atoms with E-state index in [4.69, 9.17) is 22.9 Å². The summed E-state index contributed by atoms with van der Waals surface area (Å²) in [6, 6.07) is 0. The lowest BCUT2D eigenvalue weighted by molar-refractivity contribution is 0.416. The molecule has 0 aliphatic rings. The lowest BCUT2D eigenvalue weighted by atomic mass is 10.7. The number of aliphatic imine (C=N–C) groups is 2. The molecule has 0 atom stereocenters. The molecule has 0 saturated carbocycles. The van der Waals surface area contributed by atoms with Crippen molar-refractivity contribution in [3.05, 3.63) is 0 Å². The van der Waals surface area contributed by atoms with Crippen LogP contribution in [0.25, 0.3) is 0 Å². The predicted molar refractivity (Wildman–Crippen MR) is 66.6 cm³/mol. The third kappa shape index (κ3) is 3.59. The second kappa shape index (κ2) is 5.55. The summed E-state index contributed by atoms with van der Waals surface area (Å²) in [6.45, 7) is 0.676. The first-order valence-electron chi connectivity index (χ1n) is 5.28. The molecule has 0 saturated heterocycles. The SMILES string of the molecule is NC(N)=Nc1nnn(CCn2nnc(N=C(N)N)n2)n1. The highest BCUT2D eigenvalue weighted by Crippen LogP contribution is 2.00. The summed E-state index contributed by atoms with van der Waals surface area (Å²) in [5.41, 5.74) is 20.7. The van der Waals surface area contributed by atoms with Crippen LogP contribution in [-0.2, 0) is 13.1 Å². The van der Waals surface area contributed by atoms with Crippen molar-refractivity contribution in [1.29, 1.82) is 0 Å². The van der Waals surface area contributed by atoms with E-state index in [2.05, 4.69) is 40.8 Å². The largest absolute Gasteiger partial charge is 0.370 e. The van der Waals surface area contributed by atoms with Crippen LogP contribution < -0.4 is 22.9 Å². The first kappa shape index (κ1) is 13.1. The summed E-state index contributed by atoms with van der Waals surface area (Å²) >= 11 is 0. The van der Waals surface area contributed by atoms with E-state index < -0.39 is 0 Å². The molecule has 0 spiro atoms. The summed E-state index contributed by atoms with van der Waals surface area (Å²) in [4.78, 5) is 9.85. The number of hydrogen-bond acceptors (Lipinski definition) is 8. The van der Waals surface area contributed by atoms with Crippen molar-refractivity contribution in [3.8, 4) is 0 Å². The maximum Gasteiger partial charge on any atom is 0.292 e. The molecule has 14 nitrogen and oxygen atoms in total. The molecule has 0 aliphatic heterocycles. The molecule has 2 aromatic rings. The van der Waals surface area contributed by atoms with Gasteiger partial charge in [0.05, 0.1) is 13.1 Å². The van der Waals surface area contributed by atoms with Crippen LogP contribution in [0.1, 0.15) is 0 Å². The average molecular weight is 280 g/mol. The number of aromatic nitrogens is 8. The van der Waals surface area contributed by atoms with Gasteiger partial charge in [0, 0.05) is 0 Å². The smallest absolute Gasteiger partial charge is 0.292 e. The Bertz CT molecular complexity index is 567. The zero-order chi connectivity index (χ0) is 14.5. The zero-order valence-corrected chi connectivity index (χ0v) is 10.2. The molecule has 14 heteroatoms. The second-order valence-electron chi connectivity index (χ2n) is 3.44. The van der Waals surface area contributed by atoms with E-state index >= 15 is 0 Å². The maximum atomic E-state index is 5.19. The van der Waals surface area contributed by atoms with Crippen molar-refractivity contribution in [1.82, 2.24) is 40.4 Å². The number of tetrazole rings is 2. The van der Waals surface area contributed by atoms with Crippen molar-refractivity contribution >= 4 is 23.8 Å². The molecule has 2 aromatic heterocycles. The molecular formula is C6H12N14. The molecule has 0 bridgehead atoms. The number of rotatable bonds is 5. The molecule has 0 unspecified atom stereocenters. The molecule has 0 amide bonds. The van der Waals surface area contributed by atoms with Crippen molar-refractivity contribution in [3.63, 3.8) is 0 Å². The molecule has 2 rings (SSSR count). The minimum absolute atomic E-state index is 0.0674. The minimum Gasteiger partial charge on any atom is -0.370 e. The zero-order valence-electron chi connectivity index (χ0n) is 10.2. The van der Waals surface area contributed by atoms with Gasteiger partial charge in [-0.15, -0.1) is 10.2 Å². The highest BCUT2D eigenvalue weighted by Gasteiger charge is 2.04. The van der Waals surface area contributed by atoms with Crippen LogP contribution in [-0.4, -0.2) is 52.3 Å². The quantitative estimate of drug-likeness (QED) is 0.308. The Morgan fingerprint density at radius 1 is 0.800 bits per heavy atom. The lowest BCUT2D eigenvalue weighted by Crippen LogP contribution is -2.22. The summed E-state index contributed by atoms with van der Waals surface area (Å²) < 4.78 is 0. The fraction of sp³-hybridized carbons (Fsp3) is 0.333. The van der Waals surface area contributed by atoms with Gasteiger partial charge in [0.2, 0.25) is 0 Å². The second-order valence-corrected chi connectivity index (χ2v) is 3.44. The van der Waals surface area contributed by atoms with E-state index in [1.807, 2.05) is 0 Å². The van der Waals surface area contributed by atoms with Gasteiger partial charge in [0.25, 0.3) is 11.9 Å². The van der Waals surface area contributed by atoms with Crippen molar-refractivity contribution in [2.45, 2.75) is 13.1 Å². The monoisotopic (exact) mass is 280 g/mol. The Hall–Kier alpha value is -3.32. The summed E-state index contributed by atoms with van der Waals surface area (Å²) in [5, 5.41) is 22.6. The van der Waals surface area contributed by atoms with Gasteiger partial charge in [-0.25, -0.2) is 0 Å². The van der Waals surface area contributed by atoms with Gasteiger partial charge >= 0.3 is 0 Å². The van der Waals surface area contributed by atoms with Crippen LogP contribution in [0.3, 0.4) is 0 Å². The van der Waals surface area contributed by atoms with E-state index in [-0.39, 0.29) is 23.8 Å². The highest BCUT2D eigenvalue weighted by atomic mass is 15.6. The average Bonchev–Trinajstić information content (AvgIpc) is 2.94. The fourth-order valence-electron chi connectivity index (χ4n) is 1.16. The normalized spacial score (nSPS) is 10.2. The fourth-order valence-corrected chi connectivity index (χ4v) is 1.16.